The Labute approximate surface area is 163 Å². The van der Waals surface area contributed by atoms with Crippen LogP contribution in [0.4, 0.5) is 17.6 Å². The number of carbonyl (C=O) groups excluding carboxylic acids is 1. The zero-order chi connectivity index (χ0) is 20.7. The average Bonchev–Trinajstić information content (AvgIpc) is 3.08. The van der Waals surface area contributed by atoms with Crippen molar-refractivity contribution < 1.29 is 22.4 Å². The average molecular weight is 404 g/mol. The first-order valence-corrected chi connectivity index (χ1v) is 8.92. The minimum absolute atomic E-state index is 0.0571. The van der Waals surface area contributed by atoms with Gasteiger partial charge in [0, 0.05) is 30.0 Å². The van der Waals surface area contributed by atoms with Crippen LogP contribution in [0, 0.1) is 23.3 Å². The molecule has 29 heavy (non-hydrogen) atoms. The maximum absolute atomic E-state index is 13.5. The molecule has 0 unspecified atom stereocenters. The normalized spacial score (nSPS) is 16.0. The molecule has 1 atom stereocenters. The number of amides is 1. The van der Waals surface area contributed by atoms with Crippen LogP contribution < -0.4 is 0 Å². The van der Waals surface area contributed by atoms with E-state index in [1.54, 1.807) is 11.0 Å². The van der Waals surface area contributed by atoms with Gasteiger partial charge >= 0.3 is 0 Å². The fourth-order valence-corrected chi connectivity index (χ4v) is 3.53. The van der Waals surface area contributed by atoms with Gasteiger partial charge in [0.25, 0.3) is 0 Å². The number of halogens is 4. The summed E-state index contributed by atoms with van der Waals surface area (Å²) in [5.74, 6) is -4.78. The molecule has 2 aromatic heterocycles. The Bertz CT molecular complexity index is 1060. The third-order valence-electron chi connectivity index (χ3n) is 4.97. The molecule has 3 aromatic rings. The van der Waals surface area contributed by atoms with Crippen LogP contribution in [0.15, 0.2) is 36.8 Å². The molecule has 1 amide bonds. The van der Waals surface area contributed by atoms with E-state index in [9.17, 15) is 22.4 Å². The highest BCUT2D eigenvalue weighted by atomic mass is 19.2. The Kier molecular flexibility index (Phi) is 4.81. The first kappa shape index (κ1) is 19.1. The molecule has 0 aliphatic carbocycles. The molecule has 1 aliphatic heterocycles. The smallest absolute Gasteiger partial charge is 0.227 e. The molecule has 0 N–H and O–H groups in total. The second kappa shape index (κ2) is 7.31. The van der Waals surface area contributed by atoms with Crippen LogP contribution in [-0.2, 0) is 24.3 Å². The van der Waals surface area contributed by atoms with Crippen LogP contribution in [-0.4, -0.2) is 31.4 Å². The summed E-state index contributed by atoms with van der Waals surface area (Å²) in [5, 5.41) is 0. The topological polar surface area (TPSA) is 51.0 Å². The van der Waals surface area contributed by atoms with Crippen LogP contribution >= 0.6 is 0 Å². The first-order chi connectivity index (χ1) is 13.8. The van der Waals surface area contributed by atoms with Crippen molar-refractivity contribution in [1.29, 1.82) is 0 Å². The van der Waals surface area contributed by atoms with Crippen molar-refractivity contribution in [2.24, 2.45) is 0 Å². The number of fused-ring (bicyclic) bond motifs is 1. The number of rotatable bonds is 3. The summed E-state index contributed by atoms with van der Waals surface area (Å²) in [5.41, 5.74) is 1.51. The largest absolute Gasteiger partial charge is 0.347 e. The second-order valence-corrected chi connectivity index (χ2v) is 6.97. The Morgan fingerprint density at radius 2 is 1.79 bits per heavy atom. The van der Waals surface area contributed by atoms with Gasteiger partial charge in [0.2, 0.25) is 5.91 Å². The number of hydrogen-bond donors (Lipinski definition) is 0. The zero-order valence-corrected chi connectivity index (χ0v) is 15.4. The minimum atomic E-state index is -1.56. The molecule has 150 valence electrons. The van der Waals surface area contributed by atoms with Crippen molar-refractivity contribution in [1.82, 2.24) is 19.4 Å². The van der Waals surface area contributed by atoms with Gasteiger partial charge in [0.05, 0.1) is 25.4 Å². The Balaban J connectivity index is 1.59. The van der Waals surface area contributed by atoms with Gasteiger partial charge in [-0.2, -0.15) is 0 Å². The molecule has 9 heteroatoms. The SMILES string of the molecule is C[C@H]1Cn2ccc(-c3ncc(F)cn3)c2CN1C(=O)Cc1cc(F)c(F)c(F)c1. The van der Waals surface area contributed by atoms with Crippen molar-refractivity contribution in [3.8, 4) is 11.4 Å². The summed E-state index contributed by atoms with van der Waals surface area (Å²) in [4.78, 5) is 22.4. The number of benzene rings is 1. The lowest BCUT2D eigenvalue weighted by molar-refractivity contribution is -0.134. The molecule has 3 heterocycles. The van der Waals surface area contributed by atoms with Gasteiger partial charge in [0.15, 0.2) is 29.1 Å². The predicted molar refractivity (Wildman–Crippen MR) is 95.4 cm³/mol. The zero-order valence-electron chi connectivity index (χ0n) is 15.4. The number of aromatic nitrogens is 3. The number of nitrogens with zero attached hydrogens (tertiary/aromatic N) is 4. The van der Waals surface area contributed by atoms with Crippen LogP contribution in [0.3, 0.4) is 0 Å². The summed E-state index contributed by atoms with van der Waals surface area (Å²) in [6.07, 6.45) is 3.72. The van der Waals surface area contributed by atoms with Crippen LogP contribution in [0.5, 0.6) is 0 Å². The van der Waals surface area contributed by atoms with Crippen LogP contribution in [0.1, 0.15) is 18.2 Å². The third kappa shape index (κ3) is 3.59. The van der Waals surface area contributed by atoms with Crippen molar-refractivity contribution in [3.63, 3.8) is 0 Å². The van der Waals surface area contributed by atoms with Gasteiger partial charge in [-0.3, -0.25) is 4.79 Å². The molecule has 0 radical (unpaired) electrons. The molecule has 4 rings (SSSR count). The fourth-order valence-electron chi connectivity index (χ4n) is 3.53. The Morgan fingerprint density at radius 1 is 1.14 bits per heavy atom. The fraction of sp³-hybridized carbons (Fsp3) is 0.250. The summed E-state index contributed by atoms with van der Waals surface area (Å²) in [7, 11) is 0. The van der Waals surface area contributed by atoms with E-state index in [1.165, 1.54) is 0 Å². The van der Waals surface area contributed by atoms with Crippen molar-refractivity contribution >= 4 is 5.91 Å². The summed E-state index contributed by atoms with van der Waals surface area (Å²) < 4.78 is 55.1. The van der Waals surface area contributed by atoms with E-state index >= 15 is 0 Å². The van der Waals surface area contributed by atoms with Crippen LogP contribution in [0.2, 0.25) is 0 Å². The third-order valence-corrected chi connectivity index (χ3v) is 4.97. The van der Waals surface area contributed by atoms with Crippen molar-refractivity contribution in [2.45, 2.75) is 32.5 Å². The monoisotopic (exact) mass is 404 g/mol. The van der Waals surface area contributed by atoms with Gasteiger partial charge < -0.3 is 9.47 Å². The van der Waals surface area contributed by atoms with E-state index in [0.29, 0.717) is 17.9 Å². The minimum Gasteiger partial charge on any atom is -0.347 e. The van der Waals surface area contributed by atoms with Crippen molar-refractivity contribution in [2.75, 3.05) is 0 Å². The quantitative estimate of drug-likeness (QED) is 0.496. The van der Waals surface area contributed by atoms with Gasteiger partial charge in [-0.05, 0) is 30.7 Å². The van der Waals surface area contributed by atoms with Gasteiger partial charge in [-0.25, -0.2) is 27.5 Å². The lowest BCUT2D eigenvalue weighted by atomic mass is 10.1. The lowest BCUT2D eigenvalue weighted by Crippen LogP contribution is -2.45. The van der Waals surface area contributed by atoms with Crippen molar-refractivity contribution in [3.05, 3.63) is 71.3 Å². The molecule has 0 bridgehead atoms. The standard InChI is InChI=1S/C20H16F4N4O/c1-11-9-27-3-2-14(20-25-7-13(21)8-26-20)17(27)10-28(11)18(29)6-12-4-15(22)19(24)16(23)5-12/h2-5,7-8,11H,6,9-10H2,1H3/t11-/m0/s1. The molecule has 0 saturated heterocycles. The summed E-state index contributed by atoms with van der Waals surface area (Å²) in [6.45, 7) is 2.60. The maximum Gasteiger partial charge on any atom is 0.227 e. The molecule has 1 aliphatic rings. The summed E-state index contributed by atoms with van der Waals surface area (Å²) in [6, 6.07) is 3.28. The predicted octanol–water partition coefficient (Wildman–Crippen LogP) is 3.47. The van der Waals surface area contributed by atoms with Gasteiger partial charge in [0.1, 0.15) is 0 Å². The molecule has 1 aromatic carbocycles. The molecule has 0 saturated carbocycles. The van der Waals surface area contributed by atoms with Gasteiger partial charge in [-0.15, -0.1) is 0 Å². The van der Waals surface area contributed by atoms with E-state index in [0.717, 1.165) is 30.2 Å². The van der Waals surface area contributed by atoms with E-state index in [2.05, 4.69) is 9.97 Å². The summed E-state index contributed by atoms with van der Waals surface area (Å²) >= 11 is 0. The first-order valence-electron chi connectivity index (χ1n) is 8.92. The number of carbonyl (C=O) groups is 1. The molecular formula is C20H16F4N4O. The molecule has 0 spiro atoms. The second-order valence-electron chi connectivity index (χ2n) is 6.97. The highest BCUT2D eigenvalue weighted by molar-refractivity contribution is 5.79. The Hall–Kier alpha value is -3.23. The number of hydrogen-bond acceptors (Lipinski definition) is 3. The molecular weight excluding hydrogens is 388 g/mol. The highest BCUT2D eigenvalue weighted by Gasteiger charge is 2.29. The van der Waals surface area contributed by atoms with E-state index < -0.39 is 23.3 Å². The van der Waals surface area contributed by atoms with E-state index in [1.807, 2.05) is 17.7 Å². The van der Waals surface area contributed by atoms with E-state index in [-0.39, 0.29) is 30.5 Å². The highest BCUT2D eigenvalue weighted by Crippen LogP contribution is 2.28. The lowest BCUT2D eigenvalue weighted by Gasteiger charge is -2.35. The Morgan fingerprint density at radius 3 is 2.45 bits per heavy atom. The van der Waals surface area contributed by atoms with Gasteiger partial charge in [-0.1, -0.05) is 0 Å². The van der Waals surface area contributed by atoms with Crippen LogP contribution in [0.25, 0.3) is 11.4 Å². The molecule has 0 fully saturated rings. The molecule has 5 nitrogen and oxygen atoms in total. The maximum atomic E-state index is 13.5. The van der Waals surface area contributed by atoms with E-state index in [4.69, 9.17) is 0 Å².